The highest BCUT2D eigenvalue weighted by atomic mass is 16.5. The molecule has 0 aliphatic carbocycles. The van der Waals surface area contributed by atoms with Crippen LogP contribution in [-0.4, -0.2) is 27.9 Å². The highest BCUT2D eigenvalue weighted by Gasteiger charge is 2.39. The fourth-order valence-corrected chi connectivity index (χ4v) is 1.32. The Morgan fingerprint density at radius 1 is 1.57 bits per heavy atom. The van der Waals surface area contributed by atoms with Crippen LogP contribution in [-0.2, 0) is 14.4 Å². The van der Waals surface area contributed by atoms with Crippen molar-refractivity contribution < 1.29 is 19.6 Å². The molecule has 0 bridgehead atoms. The van der Waals surface area contributed by atoms with Gasteiger partial charge in [-0.25, -0.2) is 0 Å². The minimum absolute atomic E-state index is 0.0410. The third kappa shape index (κ3) is 1.98. The predicted molar refractivity (Wildman–Crippen MR) is 46.2 cm³/mol. The second kappa shape index (κ2) is 3.88. The number of hydrogen-bond donors (Lipinski definition) is 1. The lowest BCUT2D eigenvalue weighted by atomic mass is 9.95. The molecular formula is C9H13NO4. The Labute approximate surface area is 81.6 Å². The van der Waals surface area contributed by atoms with Crippen LogP contribution < -0.4 is 0 Å². The van der Waals surface area contributed by atoms with E-state index >= 15 is 0 Å². The highest BCUT2D eigenvalue weighted by Crippen LogP contribution is 2.22. The molecule has 1 heterocycles. The molecule has 1 atom stereocenters. The second-order valence-corrected chi connectivity index (χ2v) is 3.77. The molecule has 0 radical (unpaired) electrons. The van der Waals surface area contributed by atoms with Gasteiger partial charge in [0.25, 0.3) is 11.8 Å². The van der Waals surface area contributed by atoms with Gasteiger partial charge in [-0.1, -0.05) is 13.8 Å². The smallest absolute Gasteiger partial charge is 0.257 e. The average molecular weight is 199 g/mol. The van der Waals surface area contributed by atoms with E-state index in [4.69, 9.17) is 5.21 Å². The Bertz CT molecular complexity index is 285. The number of carbonyl (C=O) groups is 3. The first-order chi connectivity index (χ1) is 6.43. The summed E-state index contributed by atoms with van der Waals surface area (Å²) in [6, 6.07) is 0. The maximum absolute atomic E-state index is 11.3. The fourth-order valence-electron chi connectivity index (χ4n) is 1.32. The zero-order valence-electron chi connectivity index (χ0n) is 8.19. The summed E-state index contributed by atoms with van der Waals surface area (Å²) in [7, 11) is 0. The largest absolute Gasteiger partial charge is 0.299 e. The third-order valence-corrected chi connectivity index (χ3v) is 2.31. The number of rotatable bonds is 3. The average Bonchev–Trinajstić information content (AvgIpc) is 2.33. The van der Waals surface area contributed by atoms with Gasteiger partial charge in [0.15, 0.2) is 0 Å². The number of amides is 2. The topological polar surface area (TPSA) is 74.7 Å². The Morgan fingerprint density at radius 2 is 2.14 bits per heavy atom. The lowest BCUT2D eigenvalue weighted by Crippen LogP contribution is -2.27. The van der Waals surface area contributed by atoms with Gasteiger partial charge in [-0.2, -0.15) is 5.06 Å². The van der Waals surface area contributed by atoms with Crippen molar-refractivity contribution in [2.45, 2.75) is 26.7 Å². The lowest BCUT2D eigenvalue weighted by Gasteiger charge is -2.08. The molecule has 14 heavy (non-hydrogen) atoms. The number of nitrogens with zero attached hydrogens (tertiary/aromatic N) is 1. The normalized spacial score (nSPS) is 22.3. The minimum atomic E-state index is -0.664. The minimum Gasteiger partial charge on any atom is -0.299 e. The molecule has 1 fully saturated rings. The molecule has 1 N–H and O–H groups in total. The molecule has 5 heteroatoms. The summed E-state index contributed by atoms with van der Waals surface area (Å²) in [6.45, 7) is 3.47. The summed E-state index contributed by atoms with van der Waals surface area (Å²) in [5, 5.41) is 9.02. The van der Waals surface area contributed by atoms with E-state index in [-0.39, 0.29) is 29.6 Å². The van der Waals surface area contributed by atoms with Crippen LogP contribution in [0.3, 0.4) is 0 Å². The van der Waals surface area contributed by atoms with Gasteiger partial charge in [0.2, 0.25) is 0 Å². The van der Waals surface area contributed by atoms with Gasteiger partial charge in [0.05, 0.1) is 5.92 Å². The van der Waals surface area contributed by atoms with E-state index in [0.717, 1.165) is 0 Å². The van der Waals surface area contributed by atoms with Gasteiger partial charge in [-0.15, -0.1) is 0 Å². The lowest BCUT2D eigenvalue weighted by molar-refractivity contribution is -0.172. The van der Waals surface area contributed by atoms with Crippen LogP contribution in [0, 0.1) is 11.8 Å². The van der Waals surface area contributed by atoms with Gasteiger partial charge < -0.3 is 0 Å². The Kier molecular flexibility index (Phi) is 3.00. The summed E-state index contributed by atoms with van der Waals surface area (Å²) < 4.78 is 0. The van der Waals surface area contributed by atoms with Crippen LogP contribution in [0.2, 0.25) is 0 Å². The summed E-state index contributed by atoms with van der Waals surface area (Å²) in [6.07, 6.45) is -0.0207. The van der Waals surface area contributed by atoms with E-state index in [1.807, 2.05) is 0 Å². The summed E-state index contributed by atoms with van der Waals surface area (Å²) in [5.41, 5.74) is 0. The molecule has 0 aromatic heterocycles. The molecule has 2 amide bonds. The number of Topliss-reactive ketones (excluding diaryl/α,β-unsaturated/α-hetero) is 1. The van der Waals surface area contributed by atoms with E-state index < -0.39 is 17.7 Å². The van der Waals surface area contributed by atoms with Crippen molar-refractivity contribution in [3.8, 4) is 0 Å². The van der Waals surface area contributed by atoms with Crippen LogP contribution >= 0.6 is 0 Å². The Morgan fingerprint density at radius 3 is 2.50 bits per heavy atom. The molecule has 1 rings (SSSR count). The van der Waals surface area contributed by atoms with Gasteiger partial charge in [-0.05, 0) is 0 Å². The molecular weight excluding hydrogens is 186 g/mol. The number of hydroxylamine groups is 2. The molecule has 0 aromatic carbocycles. The fraction of sp³-hybridized carbons (Fsp3) is 0.667. The van der Waals surface area contributed by atoms with Crippen molar-refractivity contribution in [3.63, 3.8) is 0 Å². The van der Waals surface area contributed by atoms with E-state index in [1.165, 1.54) is 0 Å². The van der Waals surface area contributed by atoms with E-state index in [9.17, 15) is 14.4 Å². The van der Waals surface area contributed by atoms with Crippen molar-refractivity contribution in [1.82, 2.24) is 5.06 Å². The first-order valence-electron chi connectivity index (χ1n) is 4.52. The zero-order valence-corrected chi connectivity index (χ0v) is 8.19. The van der Waals surface area contributed by atoms with Crippen LogP contribution in [0.4, 0.5) is 0 Å². The Hall–Kier alpha value is -1.23. The SMILES string of the molecule is CC(C)C(=O)CC1CC(=O)N(O)C1=O. The van der Waals surface area contributed by atoms with Crippen LogP contribution in [0.1, 0.15) is 26.7 Å². The number of imide groups is 1. The van der Waals surface area contributed by atoms with Crippen molar-refractivity contribution >= 4 is 17.6 Å². The van der Waals surface area contributed by atoms with E-state index in [1.54, 1.807) is 13.8 Å². The summed E-state index contributed by atoms with van der Waals surface area (Å²) in [5.74, 6) is -2.17. The molecule has 1 aliphatic rings. The predicted octanol–water partition coefficient (Wildman–Crippen LogP) is 0.366. The van der Waals surface area contributed by atoms with E-state index in [2.05, 4.69) is 0 Å². The van der Waals surface area contributed by atoms with Crippen molar-refractivity contribution in [3.05, 3.63) is 0 Å². The Balaban J connectivity index is 2.60. The molecule has 0 spiro atoms. The molecule has 78 valence electrons. The summed E-state index contributed by atoms with van der Waals surface area (Å²) in [4.78, 5) is 33.4. The maximum atomic E-state index is 11.3. The highest BCUT2D eigenvalue weighted by molar-refractivity contribution is 6.03. The monoisotopic (exact) mass is 199 g/mol. The van der Waals surface area contributed by atoms with Crippen LogP contribution in [0.15, 0.2) is 0 Å². The first-order valence-corrected chi connectivity index (χ1v) is 4.52. The molecule has 5 nitrogen and oxygen atoms in total. The van der Waals surface area contributed by atoms with Gasteiger partial charge >= 0.3 is 0 Å². The van der Waals surface area contributed by atoms with Crippen molar-refractivity contribution in [1.29, 1.82) is 0 Å². The molecule has 0 aromatic rings. The maximum Gasteiger partial charge on any atom is 0.257 e. The molecule has 1 aliphatic heterocycles. The first kappa shape index (κ1) is 10.8. The molecule has 1 unspecified atom stereocenters. The number of ketones is 1. The van der Waals surface area contributed by atoms with Gasteiger partial charge in [-0.3, -0.25) is 19.6 Å². The zero-order chi connectivity index (χ0) is 10.9. The van der Waals surface area contributed by atoms with Crippen molar-refractivity contribution in [2.24, 2.45) is 11.8 Å². The summed E-state index contributed by atoms with van der Waals surface area (Å²) >= 11 is 0. The van der Waals surface area contributed by atoms with Gasteiger partial charge in [0.1, 0.15) is 5.78 Å². The second-order valence-electron chi connectivity index (χ2n) is 3.77. The molecule has 1 saturated heterocycles. The van der Waals surface area contributed by atoms with Crippen LogP contribution in [0.5, 0.6) is 0 Å². The van der Waals surface area contributed by atoms with E-state index in [0.29, 0.717) is 0 Å². The third-order valence-electron chi connectivity index (χ3n) is 2.31. The number of carbonyl (C=O) groups excluding carboxylic acids is 3. The molecule has 0 saturated carbocycles. The van der Waals surface area contributed by atoms with Gasteiger partial charge in [0, 0.05) is 18.8 Å². The van der Waals surface area contributed by atoms with Crippen molar-refractivity contribution in [2.75, 3.05) is 0 Å². The quantitative estimate of drug-likeness (QED) is 0.526. The number of hydrogen-bond acceptors (Lipinski definition) is 4. The standard InChI is InChI=1S/C9H13NO4/c1-5(2)7(11)3-6-4-8(12)10(14)9(6)13/h5-6,14H,3-4H2,1-2H3. The van der Waals surface area contributed by atoms with Crippen LogP contribution in [0.25, 0.3) is 0 Å².